The van der Waals surface area contributed by atoms with Crippen molar-refractivity contribution in [1.29, 1.82) is 0 Å². The number of amides is 2. The highest BCUT2D eigenvalue weighted by Crippen LogP contribution is 2.70. The normalized spacial score (nSPS) is 23.4. The predicted octanol–water partition coefficient (Wildman–Crippen LogP) is 5.00. The Labute approximate surface area is 242 Å². The van der Waals surface area contributed by atoms with Gasteiger partial charge in [0.1, 0.15) is 22.8 Å². The number of alkyl halides is 4. The first-order valence-electron chi connectivity index (χ1n) is 14.1. The van der Waals surface area contributed by atoms with Gasteiger partial charge in [-0.05, 0) is 55.4 Å². The summed E-state index contributed by atoms with van der Waals surface area (Å²) in [6.07, 6.45) is 3.13. The molecule has 3 heterocycles. The van der Waals surface area contributed by atoms with E-state index in [9.17, 15) is 27.2 Å². The van der Waals surface area contributed by atoms with Crippen LogP contribution < -0.4 is 16.0 Å². The summed E-state index contributed by atoms with van der Waals surface area (Å²) >= 11 is 1.40. The molecule has 0 unspecified atom stereocenters. The SMILES string of the molecule is Cn1nc(C(F)F)cc1Nc1nncn1[C@H]1CCc2sc(NC(=O)[C@H]3CC34CC4)c(C(=O)NCC3CC(F)(F)C3)c2C1. The van der Waals surface area contributed by atoms with E-state index in [2.05, 4.69) is 31.2 Å². The topological polar surface area (TPSA) is 119 Å². The molecule has 0 aromatic carbocycles. The fourth-order valence-electron chi connectivity index (χ4n) is 6.44. The van der Waals surface area contributed by atoms with Crippen LogP contribution in [0.5, 0.6) is 0 Å². The van der Waals surface area contributed by atoms with E-state index in [1.54, 1.807) is 13.4 Å². The molecule has 224 valence electrons. The third-order valence-electron chi connectivity index (χ3n) is 9.15. The van der Waals surface area contributed by atoms with Crippen LogP contribution in [0.15, 0.2) is 12.4 Å². The first kappa shape index (κ1) is 27.3. The molecular formula is C27H30F4N8O2S. The maximum Gasteiger partial charge on any atom is 0.282 e. The molecular weight excluding hydrogens is 576 g/mol. The zero-order valence-corrected chi connectivity index (χ0v) is 23.6. The highest BCUT2D eigenvalue weighted by Gasteiger charge is 2.65. The summed E-state index contributed by atoms with van der Waals surface area (Å²) in [5, 5.41) is 21.4. The molecule has 1 spiro atoms. The Bertz CT molecular complexity index is 1550. The van der Waals surface area contributed by atoms with Gasteiger partial charge in [-0.2, -0.15) is 5.10 Å². The van der Waals surface area contributed by atoms with Crippen LogP contribution in [0.3, 0.4) is 0 Å². The molecule has 3 aromatic rings. The number of carbonyl (C=O) groups is 2. The van der Waals surface area contributed by atoms with Crippen LogP contribution in [-0.2, 0) is 24.7 Å². The van der Waals surface area contributed by atoms with Gasteiger partial charge < -0.3 is 16.0 Å². The molecule has 3 aromatic heterocycles. The molecule has 0 aliphatic heterocycles. The van der Waals surface area contributed by atoms with Crippen LogP contribution in [0.1, 0.15) is 77.5 Å². The number of nitrogens with zero attached hydrogens (tertiary/aromatic N) is 5. The lowest BCUT2D eigenvalue weighted by atomic mass is 9.81. The average Bonchev–Trinajstić information content (AvgIpc) is 3.68. The van der Waals surface area contributed by atoms with E-state index in [0.29, 0.717) is 41.6 Å². The first-order valence-corrected chi connectivity index (χ1v) is 14.9. The maximum atomic E-state index is 13.5. The second kappa shape index (κ2) is 9.78. The lowest BCUT2D eigenvalue weighted by molar-refractivity contribution is -0.117. The van der Waals surface area contributed by atoms with Gasteiger partial charge in [-0.15, -0.1) is 21.5 Å². The first-order chi connectivity index (χ1) is 20.0. The number of thiophene rings is 1. The van der Waals surface area contributed by atoms with Crippen LogP contribution in [0.2, 0.25) is 0 Å². The molecule has 15 heteroatoms. The second-order valence-corrected chi connectivity index (χ2v) is 13.2. The summed E-state index contributed by atoms with van der Waals surface area (Å²) in [7, 11) is 1.55. The molecule has 3 N–H and O–H groups in total. The number of carbonyl (C=O) groups excluding carboxylic acids is 2. The van der Waals surface area contributed by atoms with Crippen molar-refractivity contribution < 1.29 is 27.2 Å². The third-order valence-corrected chi connectivity index (χ3v) is 10.4. The summed E-state index contributed by atoms with van der Waals surface area (Å²) < 4.78 is 56.1. The quantitative estimate of drug-likeness (QED) is 0.295. The molecule has 10 nitrogen and oxygen atoms in total. The van der Waals surface area contributed by atoms with Gasteiger partial charge in [0, 0.05) is 49.3 Å². The number of rotatable bonds is 9. The Morgan fingerprint density at radius 2 is 2.00 bits per heavy atom. The molecule has 0 bridgehead atoms. The molecule has 2 amide bonds. The number of aromatic nitrogens is 5. The molecule has 3 fully saturated rings. The monoisotopic (exact) mass is 606 g/mol. The number of nitrogens with one attached hydrogen (secondary N) is 3. The van der Waals surface area contributed by atoms with Gasteiger partial charge in [0.15, 0.2) is 0 Å². The number of anilines is 3. The van der Waals surface area contributed by atoms with Crippen molar-refractivity contribution >= 4 is 39.9 Å². The van der Waals surface area contributed by atoms with Gasteiger partial charge >= 0.3 is 0 Å². The maximum absolute atomic E-state index is 13.5. The molecule has 4 aliphatic carbocycles. The van der Waals surface area contributed by atoms with Crippen LogP contribution >= 0.6 is 11.3 Å². The smallest absolute Gasteiger partial charge is 0.282 e. The molecule has 4 aliphatic rings. The fraction of sp³-hybridized carbons (Fsp3) is 0.593. The van der Waals surface area contributed by atoms with Crippen LogP contribution in [-0.4, -0.2) is 48.8 Å². The van der Waals surface area contributed by atoms with Gasteiger partial charge in [-0.1, -0.05) is 0 Å². The van der Waals surface area contributed by atoms with E-state index in [0.717, 1.165) is 29.7 Å². The highest BCUT2D eigenvalue weighted by molar-refractivity contribution is 7.17. The molecule has 2 atom stereocenters. The van der Waals surface area contributed by atoms with Gasteiger partial charge in [0.05, 0.1) is 5.56 Å². The van der Waals surface area contributed by atoms with Crippen molar-refractivity contribution in [2.75, 3.05) is 17.2 Å². The Morgan fingerprint density at radius 3 is 2.67 bits per heavy atom. The Hall–Kier alpha value is -3.49. The number of hydrogen-bond donors (Lipinski definition) is 3. The fourth-order valence-corrected chi connectivity index (χ4v) is 7.69. The van der Waals surface area contributed by atoms with Crippen molar-refractivity contribution in [1.82, 2.24) is 29.9 Å². The number of fused-ring (bicyclic) bond motifs is 1. The van der Waals surface area contributed by atoms with Gasteiger partial charge in [0.2, 0.25) is 17.8 Å². The zero-order chi connectivity index (χ0) is 29.4. The summed E-state index contributed by atoms with van der Waals surface area (Å²) in [4.78, 5) is 27.6. The van der Waals surface area contributed by atoms with Crippen molar-refractivity contribution in [2.24, 2.45) is 24.3 Å². The Morgan fingerprint density at radius 1 is 1.21 bits per heavy atom. The molecule has 3 saturated carbocycles. The summed E-state index contributed by atoms with van der Waals surface area (Å²) in [5.41, 5.74) is 0.993. The number of halogens is 4. The zero-order valence-electron chi connectivity index (χ0n) is 22.8. The van der Waals surface area contributed by atoms with E-state index in [1.807, 2.05) is 4.57 Å². The average molecular weight is 607 g/mol. The Kier molecular flexibility index (Phi) is 6.37. The molecule has 7 rings (SSSR count). The van der Waals surface area contributed by atoms with E-state index in [-0.39, 0.29) is 60.2 Å². The van der Waals surface area contributed by atoms with Crippen molar-refractivity contribution in [3.63, 3.8) is 0 Å². The minimum Gasteiger partial charge on any atom is -0.352 e. The van der Waals surface area contributed by atoms with Crippen molar-refractivity contribution in [3.8, 4) is 0 Å². The minimum atomic E-state index is -2.71. The van der Waals surface area contributed by atoms with Crippen molar-refractivity contribution in [3.05, 3.63) is 34.1 Å². The Balaban J connectivity index is 1.13. The summed E-state index contributed by atoms with van der Waals surface area (Å²) in [6.45, 7) is 0.145. The summed E-state index contributed by atoms with van der Waals surface area (Å²) in [5.74, 6) is -2.77. The van der Waals surface area contributed by atoms with E-state index >= 15 is 0 Å². The van der Waals surface area contributed by atoms with Gasteiger partial charge in [-0.25, -0.2) is 17.6 Å². The molecule has 42 heavy (non-hydrogen) atoms. The second-order valence-electron chi connectivity index (χ2n) is 12.1. The minimum absolute atomic E-state index is 0.0271. The lowest BCUT2D eigenvalue weighted by Crippen LogP contribution is -2.42. The third kappa shape index (κ3) is 4.94. The van der Waals surface area contributed by atoms with E-state index in [4.69, 9.17) is 0 Å². The van der Waals surface area contributed by atoms with Crippen LogP contribution in [0.4, 0.5) is 34.3 Å². The summed E-state index contributed by atoms with van der Waals surface area (Å²) in [6, 6.07) is 1.09. The highest BCUT2D eigenvalue weighted by atomic mass is 32.1. The molecule has 0 saturated heterocycles. The van der Waals surface area contributed by atoms with Crippen molar-refractivity contribution in [2.45, 2.75) is 69.8 Å². The number of aryl methyl sites for hydroxylation is 2. The van der Waals surface area contributed by atoms with E-state index < -0.39 is 12.3 Å². The molecule has 0 radical (unpaired) electrons. The largest absolute Gasteiger partial charge is 0.352 e. The standard InChI is InChI=1S/C27H30F4N8O2S/c1-38-19(7-17(37-38)21(28)29)34-25-36-33-12-39(25)14-2-3-18-15(6-14)20(23(41)32-11-13-8-27(30,31)9-13)24(42-18)35-22(40)16-10-26(16)4-5-26/h7,12-14,16,21H,2-6,8-11H2,1H3,(H,32,41)(H,34,36)(H,35,40)/t14-,16+/m0/s1. The van der Waals surface area contributed by atoms with Gasteiger partial charge in [0.25, 0.3) is 12.3 Å². The van der Waals surface area contributed by atoms with E-state index in [1.165, 1.54) is 22.1 Å². The van der Waals surface area contributed by atoms with Crippen LogP contribution in [0, 0.1) is 17.3 Å². The van der Waals surface area contributed by atoms with Crippen LogP contribution in [0.25, 0.3) is 0 Å². The number of hydrogen-bond acceptors (Lipinski definition) is 7. The predicted molar refractivity (Wildman–Crippen MR) is 145 cm³/mol. The van der Waals surface area contributed by atoms with Gasteiger partial charge in [-0.3, -0.25) is 18.8 Å². The lowest BCUT2D eigenvalue weighted by Gasteiger charge is -2.34.